The molecule has 2 aromatic rings. The number of benzene rings is 2. The van der Waals surface area contributed by atoms with Gasteiger partial charge in [0.05, 0.1) is 21.3 Å². The van der Waals surface area contributed by atoms with Crippen molar-refractivity contribution in [3.05, 3.63) is 41.5 Å². The van der Waals surface area contributed by atoms with Gasteiger partial charge in [-0.15, -0.1) is 0 Å². The number of methoxy groups -OCH3 is 3. The Morgan fingerprint density at radius 3 is 2.00 bits per heavy atom. The van der Waals surface area contributed by atoms with Gasteiger partial charge in [-0.25, -0.2) is 0 Å². The van der Waals surface area contributed by atoms with Gasteiger partial charge in [0.2, 0.25) is 5.75 Å². The molecule has 0 aliphatic rings. The molecule has 0 aliphatic carbocycles. The summed E-state index contributed by atoms with van der Waals surface area (Å²) in [6.07, 6.45) is 2.48. The van der Waals surface area contributed by atoms with Crippen molar-refractivity contribution in [2.45, 2.75) is 39.2 Å². The first-order valence-electron chi connectivity index (χ1n) is 8.86. The molecular formula is C21H28O5. The van der Waals surface area contributed by atoms with Crippen molar-refractivity contribution in [1.29, 1.82) is 0 Å². The zero-order valence-corrected chi connectivity index (χ0v) is 16.2. The minimum atomic E-state index is -0.232. The Balaban J connectivity index is 2.40. The molecule has 0 amide bonds. The third kappa shape index (κ3) is 4.34. The lowest BCUT2D eigenvalue weighted by atomic mass is 10.1. The lowest BCUT2D eigenvalue weighted by molar-refractivity contribution is 0.183. The highest BCUT2D eigenvalue weighted by molar-refractivity contribution is 5.54. The zero-order valence-electron chi connectivity index (χ0n) is 16.2. The number of aryl methyl sites for hydroxylation is 1. The highest BCUT2D eigenvalue weighted by Crippen LogP contribution is 2.42. The lowest BCUT2D eigenvalue weighted by Crippen LogP contribution is -2.09. The van der Waals surface area contributed by atoms with Crippen LogP contribution in [0.4, 0.5) is 0 Å². The first-order chi connectivity index (χ1) is 12.6. The van der Waals surface area contributed by atoms with Gasteiger partial charge in [-0.05, 0) is 48.2 Å². The largest absolute Gasteiger partial charge is 0.504 e. The van der Waals surface area contributed by atoms with Crippen LogP contribution in [0.25, 0.3) is 0 Å². The minimum absolute atomic E-state index is 0.102. The molecule has 0 fully saturated rings. The summed E-state index contributed by atoms with van der Waals surface area (Å²) in [5.74, 6) is 2.40. The smallest absolute Gasteiger partial charge is 0.204 e. The Morgan fingerprint density at radius 1 is 0.885 bits per heavy atom. The first kappa shape index (κ1) is 19.8. The molecule has 2 rings (SSSR count). The van der Waals surface area contributed by atoms with Crippen LogP contribution in [0.2, 0.25) is 0 Å². The summed E-state index contributed by atoms with van der Waals surface area (Å²) < 4.78 is 22.6. The Morgan fingerprint density at radius 2 is 1.50 bits per heavy atom. The van der Waals surface area contributed by atoms with Crippen molar-refractivity contribution in [1.82, 2.24) is 0 Å². The molecule has 0 aliphatic heterocycles. The summed E-state index contributed by atoms with van der Waals surface area (Å²) in [5.41, 5.74) is 2.05. The van der Waals surface area contributed by atoms with Gasteiger partial charge in [-0.2, -0.15) is 0 Å². The molecule has 0 heterocycles. The van der Waals surface area contributed by atoms with Crippen molar-refractivity contribution in [3.8, 4) is 28.7 Å². The number of hydrogen-bond donors (Lipinski definition) is 1. The normalized spacial score (nSPS) is 11.7. The van der Waals surface area contributed by atoms with Crippen LogP contribution < -0.4 is 18.9 Å². The molecule has 1 unspecified atom stereocenters. The standard InChI is InChI=1S/C21H28O5/c1-6-8-14-11-19(24-4)21(20(12-14)25-5)26-17(7-2)15-9-10-16(22)18(13-15)23-3/h9-13,17,22H,6-8H2,1-5H3. The second-order valence-corrected chi connectivity index (χ2v) is 6.03. The molecule has 142 valence electrons. The van der Waals surface area contributed by atoms with Crippen molar-refractivity contribution in [2.75, 3.05) is 21.3 Å². The van der Waals surface area contributed by atoms with Crippen LogP contribution in [0.15, 0.2) is 30.3 Å². The van der Waals surface area contributed by atoms with Gasteiger partial charge in [0.1, 0.15) is 6.10 Å². The molecule has 0 aromatic heterocycles. The van der Waals surface area contributed by atoms with E-state index in [2.05, 4.69) is 6.92 Å². The first-order valence-corrected chi connectivity index (χ1v) is 8.86. The van der Waals surface area contributed by atoms with Crippen LogP contribution in [-0.4, -0.2) is 26.4 Å². The van der Waals surface area contributed by atoms with Crippen LogP contribution in [0.5, 0.6) is 28.7 Å². The van der Waals surface area contributed by atoms with Gasteiger partial charge in [-0.3, -0.25) is 0 Å². The molecule has 0 saturated carbocycles. The second kappa shape index (κ2) is 9.22. The number of phenols is 1. The topological polar surface area (TPSA) is 57.2 Å². The Hall–Kier alpha value is -2.56. The SMILES string of the molecule is CCCc1cc(OC)c(OC(CC)c2ccc(O)c(OC)c2)c(OC)c1. The number of hydrogen-bond acceptors (Lipinski definition) is 5. The fraction of sp³-hybridized carbons (Fsp3) is 0.429. The molecule has 2 aromatic carbocycles. The number of aromatic hydroxyl groups is 1. The molecular weight excluding hydrogens is 332 g/mol. The van der Waals surface area contributed by atoms with Crippen LogP contribution in [0.1, 0.15) is 43.9 Å². The summed E-state index contributed by atoms with van der Waals surface area (Å²) in [6, 6.07) is 9.21. The van der Waals surface area contributed by atoms with Gasteiger partial charge >= 0.3 is 0 Å². The molecule has 0 radical (unpaired) electrons. The van der Waals surface area contributed by atoms with E-state index < -0.39 is 0 Å². The van der Waals surface area contributed by atoms with E-state index in [1.165, 1.54) is 7.11 Å². The monoisotopic (exact) mass is 360 g/mol. The maximum Gasteiger partial charge on any atom is 0.204 e. The van der Waals surface area contributed by atoms with E-state index >= 15 is 0 Å². The van der Waals surface area contributed by atoms with Crippen molar-refractivity contribution in [2.24, 2.45) is 0 Å². The molecule has 5 nitrogen and oxygen atoms in total. The Kier molecular flexibility index (Phi) is 7.01. The number of rotatable bonds is 9. The van der Waals surface area contributed by atoms with Gasteiger partial charge in [0.15, 0.2) is 23.0 Å². The molecule has 1 N–H and O–H groups in total. The summed E-state index contributed by atoms with van der Waals surface area (Å²) in [6.45, 7) is 4.17. The predicted octanol–water partition coefficient (Wildman–Crippen LogP) is 4.90. The maximum atomic E-state index is 9.82. The van der Waals surface area contributed by atoms with E-state index in [0.29, 0.717) is 23.0 Å². The van der Waals surface area contributed by atoms with Gasteiger partial charge in [0.25, 0.3) is 0 Å². The Labute approximate surface area is 155 Å². The molecule has 5 heteroatoms. The van der Waals surface area contributed by atoms with Crippen LogP contribution in [-0.2, 0) is 6.42 Å². The van der Waals surface area contributed by atoms with E-state index in [0.717, 1.165) is 30.4 Å². The molecule has 1 atom stereocenters. The highest BCUT2D eigenvalue weighted by atomic mass is 16.5. The van der Waals surface area contributed by atoms with Crippen LogP contribution >= 0.6 is 0 Å². The lowest BCUT2D eigenvalue weighted by Gasteiger charge is -2.22. The van der Waals surface area contributed by atoms with E-state index in [1.807, 2.05) is 25.1 Å². The molecule has 0 bridgehead atoms. The van der Waals surface area contributed by atoms with E-state index in [-0.39, 0.29) is 11.9 Å². The number of phenolic OH excluding ortho intramolecular Hbond substituents is 1. The fourth-order valence-electron chi connectivity index (χ4n) is 2.91. The van der Waals surface area contributed by atoms with Crippen LogP contribution in [0.3, 0.4) is 0 Å². The third-order valence-electron chi connectivity index (χ3n) is 4.27. The zero-order chi connectivity index (χ0) is 19.1. The predicted molar refractivity (Wildman–Crippen MR) is 102 cm³/mol. The van der Waals surface area contributed by atoms with E-state index in [9.17, 15) is 5.11 Å². The minimum Gasteiger partial charge on any atom is -0.504 e. The quantitative estimate of drug-likeness (QED) is 0.689. The number of ether oxygens (including phenoxy) is 4. The summed E-state index contributed by atoms with van der Waals surface area (Å²) in [5, 5.41) is 9.82. The fourth-order valence-corrected chi connectivity index (χ4v) is 2.91. The third-order valence-corrected chi connectivity index (χ3v) is 4.27. The summed E-state index contributed by atoms with van der Waals surface area (Å²) >= 11 is 0. The van der Waals surface area contributed by atoms with Crippen LogP contribution in [0, 0.1) is 0 Å². The average Bonchev–Trinajstić information content (AvgIpc) is 2.67. The highest BCUT2D eigenvalue weighted by Gasteiger charge is 2.20. The van der Waals surface area contributed by atoms with E-state index in [4.69, 9.17) is 18.9 Å². The summed E-state index contributed by atoms with van der Waals surface area (Å²) in [7, 11) is 4.78. The van der Waals surface area contributed by atoms with Crippen molar-refractivity contribution >= 4 is 0 Å². The summed E-state index contributed by atoms with van der Waals surface area (Å²) in [4.78, 5) is 0. The maximum absolute atomic E-state index is 9.82. The second-order valence-electron chi connectivity index (χ2n) is 6.03. The Bertz CT molecular complexity index is 701. The van der Waals surface area contributed by atoms with Gasteiger partial charge in [-0.1, -0.05) is 26.3 Å². The molecule has 0 saturated heterocycles. The van der Waals surface area contributed by atoms with E-state index in [1.54, 1.807) is 26.4 Å². The van der Waals surface area contributed by atoms with Gasteiger partial charge in [0, 0.05) is 0 Å². The van der Waals surface area contributed by atoms with Crippen molar-refractivity contribution < 1.29 is 24.1 Å². The molecule has 0 spiro atoms. The molecule has 26 heavy (non-hydrogen) atoms. The van der Waals surface area contributed by atoms with Gasteiger partial charge < -0.3 is 24.1 Å². The van der Waals surface area contributed by atoms with Crippen molar-refractivity contribution in [3.63, 3.8) is 0 Å². The average molecular weight is 360 g/mol.